The number of rotatable bonds is 6. The first-order valence-corrected chi connectivity index (χ1v) is 11.2. The lowest BCUT2D eigenvalue weighted by atomic mass is 10.2. The van der Waals surface area contributed by atoms with Crippen molar-refractivity contribution >= 4 is 27.2 Å². The first-order valence-electron chi connectivity index (χ1n) is 9.57. The van der Waals surface area contributed by atoms with E-state index >= 15 is 0 Å². The molecule has 1 aliphatic rings. The molecule has 0 radical (unpaired) electrons. The zero-order chi connectivity index (χ0) is 20.6. The molecule has 1 aliphatic heterocycles. The first-order chi connectivity index (χ1) is 13.9. The Morgan fingerprint density at radius 2 is 2.07 bits per heavy atom. The van der Waals surface area contributed by atoms with Crippen LogP contribution in [0, 0.1) is 6.92 Å². The van der Waals surface area contributed by atoms with E-state index in [1.807, 2.05) is 40.9 Å². The average molecular weight is 413 g/mol. The molecule has 29 heavy (non-hydrogen) atoms. The molecule has 3 heterocycles. The molecule has 0 fully saturated rings. The maximum atomic E-state index is 12.3. The van der Waals surface area contributed by atoms with Crippen LogP contribution >= 0.6 is 0 Å². The predicted octanol–water partition coefficient (Wildman–Crippen LogP) is 3.16. The van der Waals surface area contributed by atoms with E-state index in [4.69, 9.17) is 4.98 Å². The highest BCUT2D eigenvalue weighted by Gasteiger charge is 2.22. The Bertz CT molecular complexity index is 1180. The Labute approximate surface area is 170 Å². The van der Waals surface area contributed by atoms with E-state index in [0.717, 1.165) is 35.1 Å². The molecule has 3 aromatic rings. The molecule has 152 valence electrons. The summed E-state index contributed by atoms with van der Waals surface area (Å²) < 4.78 is 26.6. The molecule has 0 saturated heterocycles. The van der Waals surface area contributed by atoms with Crippen molar-refractivity contribution in [1.82, 2.24) is 19.7 Å². The number of anilines is 2. The van der Waals surface area contributed by atoms with E-state index in [0.29, 0.717) is 17.3 Å². The molecule has 9 heteroatoms. The molecule has 0 unspecified atom stereocenters. The van der Waals surface area contributed by atoms with E-state index in [-0.39, 0.29) is 5.75 Å². The van der Waals surface area contributed by atoms with Crippen LogP contribution in [0.4, 0.5) is 11.5 Å². The zero-order valence-corrected chi connectivity index (χ0v) is 17.5. The first kappa shape index (κ1) is 19.3. The highest BCUT2D eigenvalue weighted by atomic mass is 32.2. The van der Waals surface area contributed by atoms with Crippen LogP contribution in [-0.2, 0) is 22.8 Å². The van der Waals surface area contributed by atoms with Crippen molar-refractivity contribution in [2.24, 2.45) is 0 Å². The molecule has 0 bridgehead atoms. The number of benzene rings is 1. The van der Waals surface area contributed by atoms with E-state index in [2.05, 4.69) is 22.4 Å². The highest BCUT2D eigenvalue weighted by Crippen LogP contribution is 2.28. The fourth-order valence-electron chi connectivity index (χ4n) is 3.26. The summed E-state index contributed by atoms with van der Waals surface area (Å²) in [6.07, 6.45) is 4.80. The molecule has 8 nitrogen and oxygen atoms in total. The van der Waals surface area contributed by atoms with Gasteiger partial charge in [0.2, 0.25) is 0 Å². The van der Waals surface area contributed by atoms with Gasteiger partial charge in [0.25, 0.3) is 0 Å². The van der Waals surface area contributed by atoms with Gasteiger partial charge < -0.3 is 10.2 Å². The number of nitrogens with zero attached hydrogens (tertiary/aromatic N) is 4. The van der Waals surface area contributed by atoms with Gasteiger partial charge in [0.05, 0.1) is 22.9 Å². The van der Waals surface area contributed by atoms with Crippen LogP contribution in [0.15, 0.2) is 47.6 Å². The zero-order valence-electron chi connectivity index (χ0n) is 16.7. The second-order valence-electron chi connectivity index (χ2n) is 6.98. The lowest BCUT2D eigenvalue weighted by molar-refractivity contribution is 0.597. The van der Waals surface area contributed by atoms with Crippen LogP contribution in [0.3, 0.4) is 0 Å². The van der Waals surface area contributed by atoms with Crippen LogP contribution in [0.5, 0.6) is 0 Å². The fourth-order valence-corrected chi connectivity index (χ4v) is 4.18. The summed E-state index contributed by atoms with van der Waals surface area (Å²) in [5, 5.41) is 10.5. The SMILES string of the molecule is CCc1cn2c(n1)CN(c1cccc(S(=O)(=O)CC)c1)C=C2Nc1cc(C)[nH]n1. The lowest BCUT2D eigenvalue weighted by Crippen LogP contribution is -2.27. The number of H-pyrrole nitrogens is 1. The quantitative estimate of drug-likeness (QED) is 0.646. The average Bonchev–Trinajstić information content (AvgIpc) is 3.33. The molecule has 0 atom stereocenters. The Hall–Kier alpha value is -3.07. The molecular weight excluding hydrogens is 388 g/mol. The van der Waals surface area contributed by atoms with Gasteiger partial charge in [-0.2, -0.15) is 5.10 Å². The normalized spacial score (nSPS) is 13.9. The van der Waals surface area contributed by atoms with Crippen LogP contribution < -0.4 is 10.2 Å². The summed E-state index contributed by atoms with van der Waals surface area (Å²) in [4.78, 5) is 7.05. The van der Waals surface area contributed by atoms with Crippen LogP contribution in [0.1, 0.15) is 31.1 Å². The molecule has 4 rings (SSSR count). The van der Waals surface area contributed by atoms with E-state index in [1.165, 1.54) is 0 Å². The van der Waals surface area contributed by atoms with Gasteiger partial charge in [0, 0.05) is 29.8 Å². The van der Waals surface area contributed by atoms with Crippen LogP contribution in [0.25, 0.3) is 5.82 Å². The molecule has 2 N–H and O–H groups in total. The molecule has 0 amide bonds. The Morgan fingerprint density at radius 1 is 1.24 bits per heavy atom. The monoisotopic (exact) mass is 412 g/mol. The van der Waals surface area contributed by atoms with Gasteiger partial charge in [-0.25, -0.2) is 13.4 Å². The number of sulfone groups is 1. The summed E-state index contributed by atoms with van der Waals surface area (Å²) in [6, 6.07) is 8.95. The lowest BCUT2D eigenvalue weighted by Gasteiger charge is -2.28. The summed E-state index contributed by atoms with van der Waals surface area (Å²) in [6.45, 7) is 6.20. The largest absolute Gasteiger partial charge is 0.337 e. The van der Waals surface area contributed by atoms with Crippen molar-refractivity contribution in [3.63, 3.8) is 0 Å². The van der Waals surface area contributed by atoms with Crippen molar-refractivity contribution in [2.75, 3.05) is 16.0 Å². The topological polar surface area (TPSA) is 95.9 Å². The number of nitrogens with one attached hydrogen (secondary N) is 2. The van der Waals surface area contributed by atoms with Crippen LogP contribution in [-0.4, -0.2) is 33.9 Å². The predicted molar refractivity (Wildman–Crippen MR) is 113 cm³/mol. The van der Waals surface area contributed by atoms with E-state index < -0.39 is 9.84 Å². The third-order valence-electron chi connectivity index (χ3n) is 4.89. The molecule has 0 saturated carbocycles. The number of hydrogen-bond donors (Lipinski definition) is 2. The van der Waals surface area contributed by atoms with Crippen molar-refractivity contribution in [2.45, 2.75) is 38.6 Å². The summed E-state index contributed by atoms with van der Waals surface area (Å²) in [5.74, 6) is 2.45. The third kappa shape index (κ3) is 3.77. The van der Waals surface area contributed by atoms with Gasteiger partial charge in [-0.05, 0) is 31.5 Å². The maximum Gasteiger partial charge on any atom is 0.178 e. The Kier molecular flexibility index (Phi) is 4.91. The summed E-state index contributed by atoms with van der Waals surface area (Å²) in [5.41, 5.74) is 2.75. The minimum absolute atomic E-state index is 0.0713. The maximum absolute atomic E-state index is 12.3. The second-order valence-corrected chi connectivity index (χ2v) is 9.25. The van der Waals surface area contributed by atoms with Crippen molar-refractivity contribution < 1.29 is 8.42 Å². The minimum Gasteiger partial charge on any atom is -0.337 e. The summed E-state index contributed by atoms with van der Waals surface area (Å²) >= 11 is 0. The summed E-state index contributed by atoms with van der Waals surface area (Å²) in [7, 11) is -3.28. The fraction of sp³-hybridized carbons (Fsp3) is 0.300. The highest BCUT2D eigenvalue weighted by molar-refractivity contribution is 7.91. The van der Waals surface area contributed by atoms with Crippen molar-refractivity contribution in [3.8, 4) is 0 Å². The second kappa shape index (κ2) is 7.40. The number of aryl methyl sites for hydroxylation is 2. The number of aromatic nitrogens is 4. The number of fused-ring (bicyclic) bond motifs is 1. The third-order valence-corrected chi connectivity index (χ3v) is 6.62. The smallest absolute Gasteiger partial charge is 0.178 e. The molecule has 0 aliphatic carbocycles. The van der Waals surface area contributed by atoms with Crippen molar-refractivity contribution in [1.29, 1.82) is 0 Å². The van der Waals surface area contributed by atoms with Crippen molar-refractivity contribution in [3.05, 3.63) is 59.9 Å². The Balaban J connectivity index is 1.74. The van der Waals surface area contributed by atoms with Crippen LogP contribution in [0.2, 0.25) is 0 Å². The van der Waals surface area contributed by atoms with E-state index in [1.54, 1.807) is 25.1 Å². The number of aromatic amines is 1. The molecular formula is C20H24N6O2S. The van der Waals surface area contributed by atoms with Gasteiger partial charge in [-0.1, -0.05) is 19.9 Å². The van der Waals surface area contributed by atoms with Gasteiger partial charge in [-0.15, -0.1) is 0 Å². The standard InChI is InChI=1S/C20H24N6O2S/c1-4-15-11-26-19(21-15)12-25(13-20(26)22-18-9-14(3)23-24-18)16-7-6-8-17(10-16)29(27,28)5-2/h6-11,13H,4-5,12H2,1-3H3,(H2,22,23,24). The van der Waals surface area contributed by atoms with Gasteiger partial charge in [0.15, 0.2) is 15.7 Å². The Morgan fingerprint density at radius 3 is 2.76 bits per heavy atom. The van der Waals surface area contributed by atoms with Gasteiger partial charge in [-0.3, -0.25) is 9.67 Å². The molecule has 1 aromatic carbocycles. The number of imidazole rings is 1. The van der Waals surface area contributed by atoms with Gasteiger partial charge >= 0.3 is 0 Å². The van der Waals surface area contributed by atoms with Gasteiger partial charge in [0.1, 0.15) is 11.6 Å². The number of hydrogen-bond acceptors (Lipinski definition) is 6. The molecule has 0 spiro atoms. The molecule has 2 aromatic heterocycles. The van der Waals surface area contributed by atoms with E-state index in [9.17, 15) is 8.42 Å². The minimum atomic E-state index is -3.28.